The van der Waals surface area contributed by atoms with Crippen molar-refractivity contribution in [3.05, 3.63) is 59.5 Å². The summed E-state index contributed by atoms with van der Waals surface area (Å²) in [7, 11) is 3.51. The molecule has 0 unspecified atom stereocenters. The Labute approximate surface area is 219 Å². The number of halogens is 1. The maximum absolute atomic E-state index is 12.8. The highest BCUT2D eigenvalue weighted by Gasteiger charge is 2.51. The molecule has 1 saturated carbocycles. The van der Waals surface area contributed by atoms with Gasteiger partial charge in [0.2, 0.25) is 5.91 Å². The van der Waals surface area contributed by atoms with Crippen LogP contribution in [0.3, 0.4) is 0 Å². The number of carbonyl (C=O) groups is 2. The van der Waals surface area contributed by atoms with Gasteiger partial charge in [0.25, 0.3) is 0 Å². The molecule has 36 heavy (non-hydrogen) atoms. The van der Waals surface area contributed by atoms with Crippen LogP contribution in [0.1, 0.15) is 25.7 Å². The van der Waals surface area contributed by atoms with Crippen LogP contribution in [-0.2, 0) is 4.79 Å². The van der Waals surface area contributed by atoms with E-state index in [9.17, 15) is 9.59 Å². The van der Waals surface area contributed by atoms with Crippen LogP contribution in [0, 0.1) is 0 Å². The Bertz CT molecular complexity index is 1450. The third-order valence-electron chi connectivity index (χ3n) is 7.17. The van der Waals surface area contributed by atoms with Gasteiger partial charge in [-0.15, -0.1) is 0 Å². The molecule has 5 rings (SSSR count). The largest absolute Gasteiger partial charge is 0.398 e. The Morgan fingerprint density at radius 2 is 1.97 bits per heavy atom. The molecule has 1 aliphatic carbocycles. The Kier molecular flexibility index (Phi) is 6.13. The molecule has 3 heterocycles. The molecule has 2 aliphatic rings. The lowest BCUT2D eigenvalue weighted by atomic mass is 9.78. The Balaban J connectivity index is 1.32. The van der Waals surface area contributed by atoms with E-state index in [0.717, 1.165) is 27.5 Å². The second-order valence-electron chi connectivity index (χ2n) is 9.24. The number of allylic oxidation sites excluding steroid dienone is 1. The van der Waals surface area contributed by atoms with Crippen LogP contribution < -0.4 is 11.1 Å². The van der Waals surface area contributed by atoms with Gasteiger partial charge >= 0.3 is 6.03 Å². The van der Waals surface area contributed by atoms with Gasteiger partial charge in [0.1, 0.15) is 10.8 Å². The summed E-state index contributed by atoms with van der Waals surface area (Å²) in [4.78, 5) is 37.6. The minimum Gasteiger partial charge on any atom is -0.398 e. The number of rotatable bonds is 3. The Hall–Kier alpha value is -3.56. The van der Waals surface area contributed by atoms with Gasteiger partial charge in [-0.1, -0.05) is 29.4 Å². The summed E-state index contributed by atoms with van der Waals surface area (Å²) < 4.78 is 0. The van der Waals surface area contributed by atoms with E-state index in [0.29, 0.717) is 47.2 Å². The van der Waals surface area contributed by atoms with Crippen LogP contribution in [0.4, 0.5) is 16.3 Å². The number of nitrogens with one attached hydrogen (secondary N) is 1. The van der Waals surface area contributed by atoms with Crippen molar-refractivity contribution in [3.8, 4) is 11.1 Å². The number of aromatic nitrogens is 2. The fraction of sp³-hybridized carbons (Fsp3) is 0.269. The Morgan fingerprint density at radius 1 is 1.22 bits per heavy atom. The number of amides is 3. The van der Waals surface area contributed by atoms with Crippen molar-refractivity contribution in [3.63, 3.8) is 0 Å². The second-order valence-corrected chi connectivity index (χ2v) is 10.0. The predicted octanol–water partition coefficient (Wildman–Crippen LogP) is 5.03. The summed E-state index contributed by atoms with van der Waals surface area (Å²) in [6.45, 7) is 0. The summed E-state index contributed by atoms with van der Waals surface area (Å²) in [6, 6.07) is 7.22. The van der Waals surface area contributed by atoms with Gasteiger partial charge in [0.05, 0.1) is 10.6 Å². The first-order chi connectivity index (χ1) is 17.2. The number of nitrogens with two attached hydrogens (primary N) is 1. The van der Waals surface area contributed by atoms with Crippen LogP contribution in [-0.4, -0.2) is 56.3 Å². The zero-order valence-electron chi connectivity index (χ0n) is 19.9. The average molecular weight is 521 g/mol. The van der Waals surface area contributed by atoms with Crippen LogP contribution in [0.2, 0.25) is 5.02 Å². The number of hydrogen-bond acceptors (Lipinski definition) is 6. The lowest BCUT2D eigenvalue weighted by Crippen LogP contribution is -2.48. The van der Waals surface area contributed by atoms with Gasteiger partial charge in [-0.3, -0.25) is 14.7 Å². The molecule has 0 atom stereocenters. The molecule has 0 bridgehead atoms. The van der Waals surface area contributed by atoms with Crippen molar-refractivity contribution in [1.29, 1.82) is 0 Å². The molecule has 184 valence electrons. The number of carbonyl (C=O) groups excluding carboxylic acids is 2. The third kappa shape index (κ3) is 4.08. The molecule has 3 amide bonds. The summed E-state index contributed by atoms with van der Waals surface area (Å²) in [5.41, 5.74) is 9.02. The number of nitrogens with zero attached hydrogens (tertiary/aromatic N) is 4. The molecule has 2 aromatic heterocycles. The molecule has 3 N–H and O–H groups in total. The lowest BCUT2D eigenvalue weighted by molar-refractivity contribution is -0.112. The highest BCUT2D eigenvalue weighted by Crippen LogP contribution is 2.41. The van der Waals surface area contributed by atoms with Crippen molar-refractivity contribution < 1.29 is 9.59 Å². The van der Waals surface area contributed by atoms with E-state index in [4.69, 9.17) is 29.6 Å². The zero-order chi connectivity index (χ0) is 25.6. The van der Waals surface area contributed by atoms with Crippen LogP contribution in [0.5, 0.6) is 0 Å². The van der Waals surface area contributed by atoms with Gasteiger partial charge in [-0.05, 0) is 60.9 Å². The molecular formula is C26H25ClN6O2S. The minimum absolute atomic E-state index is 0.0813. The minimum atomic E-state index is -0.441. The number of pyridine rings is 2. The normalized spacial score (nSPS) is 19.9. The van der Waals surface area contributed by atoms with E-state index in [-0.39, 0.29) is 11.9 Å². The summed E-state index contributed by atoms with van der Waals surface area (Å²) in [6.07, 6.45) is 9.38. The Morgan fingerprint density at radius 3 is 2.64 bits per heavy atom. The number of benzene rings is 1. The second kappa shape index (κ2) is 9.15. The number of nitrogen functional groups attached to an aromatic ring is 1. The fourth-order valence-electron chi connectivity index (χ4n) is 5.08. The number of thiocarbonyl (C=S) groups is 1. The average Bonchev–Trinajstić information content (AvgIpc) is 3.01. The molecule has 2 fully saturated rings. The van der Waals surface area contributed by atoms with Gasteiger partial charge < -0.3 is 16.0 Å². The first-order valence-electron chi connectivity index (χ1n) is 11.6. The maximum atomic E-state index is 12.8. The molecular weight excluding hydrogens is 496 g/mol. The lowest BCUT2D eigenvalue weighted by Gasteiger charge is -2.38. The van der Waals surface area contributed by atoms with Gasteiger partial charge in [0, 0.05) is 55.4 Å². The first kappa shape index (κ1) is 24.1. The van der Waals surface area contributed by atoms with Crippen LogP contribution in [0.25, 0.3) is 21.9 Å². The van der Waals surface area contributed by atoms with Crippen molar-refractivity contribution in [2.24, 2.45) is 0 Å². The van der Waals surface area contributed by atoms with Gasteiger partial charge in [0.15, 0.2) is 0 Å². The van der Waals surface area contributed by atoms with Gasteiger partial charge in [-0.25, -0.2) is 9.78 Å². The maximum Gasteiger partial charge on any atom is 0.325 e. The predicted molar refractivity (Wildman–Crippen MR) is 146 cm³/mol. The van der Waals surface area contributed by atoms with Crippen molar-refractivity contribution in [1.82, 2.24) is 19.8 Å². The van der Waals surface area contributed by atoms with E-state index in [1.807, 2.05) is 12.1 Å². The van der Waals surface area contributed by atoms with E-state index in [1.165, 1.54) is 0 Å². The standard InChI is InChI=1S/C26H25ClN6O2S/c1-32-24(36)26(33(2)25(32)35)6-3-15(4-7-26)9-23(34)31-22-12-17-10-16(11-21(28)19(17)14-30-22)18-13-29-8-5-20(18)27/h5,8-14H,3-4,6-7,28H2,1-2H3,(H,30,31,34). The van der Waals surface area contributed by atoms with E-state index < -0.39 is 5.54 Å². The molecule has 1 aliphatic heterocycles. The topological polar surface area (TPSA) is 104 Å². The fourth-order valence-corrected chi connectivity index (χ4v) is 5.71. The van der Waals surface area contributed by atoms with Crippen molar-refractivity contribution in [2.75, 3.05) is 25.1 Å². The highest BCUT2D eigenvalue weighted by molar-refractivity contribution is 7.80. The molecule has 1 saturated heterocycles. The van der Waals surface area contributed by atoms with Gasteiger partial charge in [-0.2, -0.15) is 0 Å². The van der Waals surface area contributed by atoms with Crippen LogP contribution >= 0.6 is 23.8 Å². The monoisotopic (exact) mass is 520 g/mol. The smallest absolute Gasteiger partial charge is 0.325 e. The number of likely N-dealkylation sites (N-methyl/N-ethyl adjacent to an activating group) is 2. The van der Waals surface area contributed by atoms with E-state index in [1.54, 1.807) is 60.7 Å². The molecule has 1 aromatic carbocycles. The summed E-state index contributed by atoms with van der Waals surface area (Å²) in [5, 5.41) is 5.05. The number of anilines is 2. The van der Waals surface area contributed by atoms with E-state index in [2.05, 4.69) is 15.3 Å². The quantitative estimate of drug-likeness (QED) is 0.285. The highest BCUT2D eigenvalue weighted by atomic mass is 35.5. The summed E-state index contributed by atoms with van der Waals surface area (Å²) in [5.74, 6) is 0.178. The SMILES string of the molecule is CN1C(=O)N(C)C2(CCC(=CC(=O)Nc3cc4cc(-c5cnccc5Cl)cc(N)c4cn3)CC2)C1=S. The summed E-state index contributed by atoms with van der Waals surface area (Å²) >= 11 is 11.9. The molecule has 3 aromatic rings. The molecule has 10 heteroatoms. The first-order valence-corrected chi connectivity index (χ1v) is 12.3. The molecule has 0 radical (unpaired) electrons. The number of hydrogen-bond donors (Lipinski definition) is 2. The van der Waals surface area contributed by atoms with Crippen molar-refractivity contribution in [2.45, 2.75) is 31.2 Å². The zero-order valence-corrected chi connectivity index (χ0v) is 21.5. The van der Waals surface area contributed by atoms with E-state index >= 15 is 0 Å². The van der Waals surface area contributed by atoms with Crippen LogP contribution in [0.15, 0.2) is 54.5 Å². The number of fused-ring (bicyclic) bond motifs is 1. The van der Waals surface area contributed by atoms with Crippen molar-refractivity contribution >= 4 is 63.0 Å². The number of urea groups is 1. The third-order valence-corrected chi connectivity index (χ3v) is 8.16. The molecule has 8 nitrogen and oxygen atoms in total. The molecule has 1 spiro atoms.